The molecular weight excluding hydrogens is 398 g/mol. The van der Waals surface area contributed by atoms with Gasteiger partial charge in [-0.05, 0) is 25.0 Å². The molecule has 0 atom stereocenters. The lowest BCUT2D eigenvalue weighted by molar-refractivity contribution is 0.0751. The first kappa shape index (κ1) is 21.1. The molecule has 0 unspecified atom stereocenters. The van der Waals surface area contributed by atoms with Crippen LogP contribution in [0.5, 0.6) is 11.5 Å². The minimum atomic E-state index is -0.177. The van der Waals surface area contributed by atoms with Gasteiger partial charge in [-0.2, -0.15) is 0 Å². The van der Waals surface area contributed by atoms with Crippen LogP contribution in [0.25, 0.3) is 22.3 Å². The molecule has 2 aromatic heterocycles. The molecule has 0 spiro atoms. The number of aromatic nitrogens is 3. The van der Waals surface area contributed by atoms with E-state index in [4.69, 9.17) is 14.2 Å². The van der Waals surface area contributed by atoms with E-state index in [2.05, 4.69) is 20.4 Å². The predicted octanol–water partition coefficient (Wildman–Crippen LogP) is 2.79. The first-order chi connectivity index (χ1) is 15.2. The predicted molar refractivity (Wildman–Crippen MR) is 116 cm³/mol. The van der Waals surface area contributed by atoms with Crippen LogP contribution in [0.2, 0.25) is 0 Å². The summed E-state index contributed by atoms with van der Waals surface area (Å²) < 4.78 is 16.3. The van der Waals surface area contributed by atoms with Gasteiger partial charge in [-0.15, -0.1) is 0 Å². The molecule has 1 fully saturated rings. The molecule has 4 rings (SSSR count). The molecule has 9 heteroatoms. The molecule has 1 amide bonds. The van der Waals surface area contributed by atoms with E-state index < -0.39 is 0 Å². The highest BCUT2D eigenvalue weighted by Crippen LogP contribution is 2.35. The normalized spacial score (nSPS) is 14.5. The van der Waals surface area contributed by atoms with Crippen molar-refractivity contribution < 1.29 is 19.0 Å². The van der Waals surface area contributed by atoms with Gasteiger partial charge in [0.05, 0.1) is 24.8 Å². The molecule has 2 N–H and O–H groups in total. The van der Waals surface area contributed by atoms with E-state index in [1.54, 1.807) is 20.4 Å². The molecule has 0 radical (unpaired) electrons. The van der Waals surface area contributed by atoms with Crippen LogP contribution in [-0.2, 0) is 4.74 Å². The fraction of sp³-hybridized carbons (Fsp3) is 0.409. The summed E-state index contributed by atoms with van der Waals surface area (Å²) in [5.74, 6) is 1.11. The zero-order valence-corrected chi connectivity index (χ0v) is 17.8. The monoisotopic (exact) mass is 425 g/mol. The Labute approximate surface area is 180 Å². The van der Waals surface area contributed by atoms with Gasteiger partial charge in [0, 0.05) is 38.0 Å². The summed E-state index contributed by atoms with van der Waals surface area (Å²) in [5.41, 5.74) is 6.14. The number of nitrogens with zero attached hydrogens (tertiary/aromatic N) is 3. The number of carbonyl (C=O) groups excluding carboxylic acids is 1. The number of benzene rings is 1. The molecule has 1 aliphatic rings. The van der Waals surface area contributed by atoms with Gasteiger partial charge >= 0.3 is 0 Å². The van der Waals surface area contributed by atoms with Crippen molar-refractivity contribution in [1.29, 1.82) is 0 Å². The maximum Gasteiger partial charge on any atom is 0.269 e. The molecule has 164 valence electrons. The Kier molecular flexibility index (Phi) is 6.63. The number of H-pyrrole nitrogens is 1. The van der Waals surface area contributed by atoms with Gasteiger partial charge in [0.1, 0.15) is 35.6 Å². The van der Waals surface area contributed by atoms with Crippen molar-refractivity contribution in [3.05, 3.63) is 36.3 Å². The number of rotatable bonds is 8. The van der Waals surface area contributed by atoms with Crippen LogP contribution in [-0.4, -0.2) is 66.4 Å². The van der Waals surface area contributed by atoms with Crippen molar-refractivity contribution in [3.63, 3.8) is 0 Å². The van der Waals surface area contributed by atoms with Crippen molar-refractivity contribution in [2.75, 3.05) is 40.5 Å². The summed E-state index contributed by atoms with van der Waals surface area (Å²) in [5, 5.41) is 1.97. The van der Waals surface area contributed by atoms with E-state index in [-0.39, 0.29) is 5.91 Å². The number of hydrazine groups is 1. The molecule has 0 bridgehead atoms. The van der Waals surface area contributed by atoms with Crippen LogP contribution in [0, 0.1) is 0 Å². The number of methoxy groups -OCH3 is 2. The minimum Gasteiger partial charge on any atom is -0.497 e. The number of piperidine rings is 1. The van der Waals surface area contributed by atoms with Crippen LogP contribution in [0.1, 0.15) is 29.6 Å². The molecule has 3 heterocycles. The Balaban J connectivity index is 1.67. The van der Waals surface area contributed by atoms with Gasteiger partial charge < -0.3 is 19.2 Å². The number of nitrogens with one attached hydrogen (secondary N) is 2. The van der Waals surface area contributed by atoms with E-state index in [0.717, 1.165) is 31.5 Å². The SMILES string of the molecule is COCCOc1cc(OC)ccc1-c1ncnc2c(C(=O)NN3CCCCC3)c[nH]c12. The van der Waals surface area contributed by atoms with Crippen LogP contribution >= 0.6 is 0 Å². The molecule has 3 aromatic rings. The van der Waals surface area contributed by atoms with Crippen LogP contribution in [0.4, 0.5) is 0 Å². The second kappa shape index (κ2) is 9.76. The van der Waals surface area contributed by atoms with E-state index >= 15 is 0 Å². The third-order valence-electron chi connectivity index (χ3n) is 5.31. The van der Waals surface area contributed by atoms with Crippen LogP contribution < -0.4 is 14.9 Å². The second-order valence-corrected chi connectivity index (χ2v) is 7.34. The number of fused-ring (bicyclic) bond motifs is 1. The highest BCUT2D eigenvalue weighted by Gasteiger charge is 2.21. The Morgan fingerprint density at radius 3 is 2.77 bits per heavy atom. The highest BCUT2D eigenvalue weighted by molar-refractivity contribution is 6.07. The summed E-state index contributed by atoms with van der Waals surface area (Å²) >= 11 is 0. The van der Waals surface area contributed by atoms with Crippen LogP contribution in [0.15, 0.2) is 30.7 Å². The maximum atomic E-state index is 12.9. The van der Waals surface area contributed by atoms with E-state index in [9.17, 15) is 4.79 Å². The van der Waals surface area contributed by atoms with Gasteiger partial charge in [-0.3, -0.25) is 10.2 Å². The van der Waals surface area contributed by atoms with Crippen molar-refractivity contribution in [1.82, 2.24) is 25.4 Å². The Morgan fingerprint density at radius 2 is 2.00 bits per heavy atom. The van der Waals surface area contributed by atoms with Crippen molar-refractivity contribution >= 4 is 16.9 Å². The maximum absolute atomic E-state index is 12.9. The average Bonchev–Trinajstić information content (AvgIpc) is 3.24. The third kappa shape index (κ3) is 4.62. The van der Waals surface area contributed by atoms with E-state index in [1.165, 1.54) is 12.7 Å². The number of hydrogen-bond donors (Lipinski definition) is 2. The lowest BCUT2D eigenvalue weighted by Crippen LogP contribution is -2.45. The first-order valence-corrected chi connectivity index (χ1v) is 10.4. The van der Waals surface area contributed by atoms with E-state index in [1.807, 2.05) is 23.2 Å². The zero-order chi connectivity index (χ0) is 21.6. The molecular formula is C22H27N5O4. The fourth-order valence-corrected chi connectivity index (χ4v) is 3.71. The zero-order valence-electron chi connectivity index (χ0n) is 17.8. The number of ether oxygens (including phenoxy) is 3. The molecule has 1 aliphatic heterocycles. The Bertz CT molecular complexity index is 1050. The third-order valence-corrected chi connectivity index (χ3v) is 5.31. The number of aromatic amines is 1. The second-order valence-electron chi connectivity index (χ2n) is 7.34. The Morgan fingerprint density at radius 1 is 1.16 bits per heavy atom. The van der Waals surface area contributed by atoms with E-state index in [0.29, 0.717) is 47.0 Å². The summed E-state index contributed by atoms with van der Waals surface area (Å²) in [7, 11) is 3.23. The van der Waals surface area contributed by atoms with Crippen LogP contribution in [0.3, 0.4) is 0 Å². The molecule has 9 nitrogen and oxygen atoms in total. The summed E-state index contributed by atoms with van der Waals surface area (Å²) in [4.78, 5) is 24.9. The lowest BCUT2D eigenvalue weighted by atomic mass is 10.1. The van der Waals surface area contributed by atoms with Gasteiger partial charge in [0.15, 0.2) is 0 Å². The summed E-state index contributed by atoms with van der Waals surface area (Å²) in [6, 6.07) is 5.54. The molecule has 31 heavy (non-hydrogen) atoms. The molecule has 1 aromatic carbocycles. The number of amides is 1. The number of carbonyl (C=O) groups is 1. The first-order valence-electron chi connectivity index (χ1n) is 10.4. The van der Waals surface area contributed by atoms with Gasteiger partial charge in [0.25, 0.3) is 5.91 Å². The summed E-state index contributed by atoms with van der Waals surface area (Å²) in [6.45, 7) is 2.57. The lowest BCUT2D eigenvalue weighted by Gasteiger charge is -2.26. The molecule has 0 aliphatic carbocycles. The van der Waals surface area contributed by atoms with Crippen molar-refractivity contribution in [3.8, 4) is 22.8 Å². The smallest absolute Gasteiger partial charge is 0.269 e. The molecule has 0 saturated carbocycles. The molecule has 1 saturated heterocycles. The average molecular weight is 425 g/mol. The number of hydrogen-bond acceptors (Lipinski definition) is 7. The largest absolute Gasteiger partial charge is 0.497 e. The van der Waals surface area contributed by atoms with Crippen molar-refractivity contribution in [2.45, 2.75) is 19.3 Å². The standard InChI is InChI=1S/C22H27N5O4/c1-29-10-11-31-18-12-15(30-2)6-7-16(18)19-21-20(25-14-24-19)17(13-23-21)22(28)26-27-8-4-3-5-9-27/h6-7,12-14,23H,3-5,8-11H2,1-2H3,(H,26,28). The minimum absolute atomic E-state index is 0.177. The quantitative estimate of drug-likeness (QED) is 0.535. The fourth-order valence-electron chi connectivity index (χ4n) is 3.71. The highest BCUT2D eigenvalue weighted by atomic mass is 16.5. The van der Waals surface area contributed by atoms with Gasteiger partial charge in [0.2, 0.25) is 0 Å². The Hall–Kier alpha value is -3.17. The van der Waals surface area contributed by atoms with Gasteiger partial charge in [-0.1, -0.05) is 6.42 Å². The van der Waals surface area contributed by atoms with Gasteiger partial charge in [-0.25, -0.2) is 15.0 Å². The topological polar surface area (TPSA) is 102 Å². The summed E-state index contributed by atoms with van der Waals surface area (Å²) in [6.07, 6.45) is 6.52. The van der Waals surface area contributed by atoms with Crippen molar-refractivity contribution in [2.24, 2.45) is 0 Å².